The average molecular weight is 442 g/mol. The molecular weight excluding hydrogens is 414 g/mol. The maximum Gasteiger partial charge on any atom is 0.325 e. The Bertz CT molecular complexity index is 1160. The molecule has 3 amide bonds. The molecule has 8 heteroatoms. The van der Waals surface area contributed by atoms with Crippen LogP contribution < -0.4 is 10.2 Å². The third kappa shape index (κ3) is 4.17. The van der Waals surface area contributed by atoms with Crippen molar-refractivity contribution in [1.29, 1.82) is 0 Å². The van der Waals surface area contributed by atoms with Crippen LogP contribution in [0.2, 0.25) is 0 Å². The van der Waals surface area contributed by atoms with Crippen molar-refractivity contribution in [3.05, 3.63) is 58.7 Å². The minimum atomic E-state index is -3.30. The molecule has 31 heavy (non-hydrogen) atoms. The predicted octanol–water partition coefficient (Wildman–Crippen LogP) is 2.97. The quantitative estimate of drug-likeness (QED) is 0.739. The molecule has 164 valence electrons. The third-order valence-corrected chi connectivity index (χ3v) is 7.77. The molecule has 0 aromatic heterocycles. The van der Waals surface area contributed by atoms with Crippen molar-refractivity contribution in [2.45, 2.75) is 39.8 Å². The molecule has 2 heterocycles. The summed E-state index contributed by atoms with van der Waals surface area (Å²) >= 11 is 0. The summed E-state index contributed by atoms with van der Waals surface area (Å²) in [6.45, 7) is 7.64. The number of carbonyl (C=O) groups excluding carboxylic acids is 2. The fourth-order valence-corrected chi connectivity index (χ4v) is 6.48. The fraction of sp³-hybridized carbons (Fsp3) is 0.391. The second kappa shape index (κ2) is 7.67. The van der Waals surface area contributed by atoms with E-state index in [4.69, 9.17) is 0 Å². The first-order valence-corrected chi connectivity index (χ1v) is 12.1. The van der Waals surface area contributed by atoms with Crippen LogP contribution in [0.15, 0.2) is 36.4 Å². The number of rotatable bonds is 4. The zero-order valence-electron chi connectivity index (χ0n) is 18.2. The van der Waals surface area contributed by atoms with Crippen LogP contribution in [0.3, 0.4) is 0 Å². The lowest BCUT2D eigenvalue weighted by molar-refractivity contribution is -0.116. The molecule has 2 unspecified atom stereocenters. The van der Waals surface area contributed by atoms with Crippen molar-refractivity contribution in [1.82, 2.24) is 4.90 Å². The summed E-state index contributed by atoms with van der Waals surface area (Å²) in [6.07, 6.45) is 0. The van der Waals surface area contributed by atoms with E-state index in [1.165, 1.54) is 4.90 Å². The average Bonchev–Trinajstić information content (AvgIpc) is 3.08. The number of anilines is 2. The van der Waals surface area contributed by atoms with Gasteiger partial charge >= 0.3 is 6.03 Å². The van der Waals surface area contributed by atoms with E-state index in [1.807, 2.05) is 64.1 Å². The van der Waals surface area contributed by atoms with Gasteiger partial charge in [0.05, 0.1) is 23.6 Å². The molecule has 2 saturated heterocycles. The first-order chi connectivity index (χ1) is 14.5. The summed E-state index contributed by atoms with van der Waals surface area (Å²) in [6, 6.07) is 10.0. The Morgan fingerprint density at radius 1 is 0.968 bits per heavy atom. The van der Waals surface area contributed by atoms with Gasteiger partial charge in [0.1, 0.15) is 6.54 Å². The lowest BCUT2D eigenvalue weighted by Crippen LogP contribution is -2.42. The number of fused-ring (bicyclic) bond motifs is 1. The maximum atomic E-state index is 13.3. The molecule has 2 aliphatic rings. The number of carbonyl (C=O) groups is 2. The Labute approximate surface area is 183 Å². The molecule has 1 N–H and O–H groups in total. The highest BCUT2D eigenvalue weighted by Crippen LogP contribution is 2.35. The summed E-state index contributed by atoms with van der Waals surface area (Å²) in [5.74, 6) is -0.560. The number of urea groups is 1. The lowest BCUT2D eigenvalue weighted by atomic mass is 10.1. The van der Waals surface area contributed by atoms with Crippen molar-refractivity contribution in [3.8, 4) is 0 Å². The van der Waals surface area contributed by atoms with E-state index in [2.05, 4.69) is 5.32 Å². The molecule has 0 bridgehead atoms. The van der Waals surface area contributed by atoms with E-state index in [0.29, 0.717) is 11.4 Å². The van der Waals surface area contributed by atoms with Gasteiger partial charge < -0.3 is 10.2 Å². The van der Waals surface area contributed by atoms with Crippen LogP contribution in [0.5, 0.6) is 0 Å². The van der Waals surface area contributed by atoms with Gasteiger partial charge in [-0.2, -0.15) is 0 Å². The number of hydrogen-bond donors (Lipinski definition) is 1. The van der Waals surface area contributed by atoms with Crippen LogP contribution >= 0.6 is 0 Å². The first kappa shape index (κ1) is 21.4. The number of aryl methyl sites for hydroxylation is 4. The number of nitrogens with one attached hydrogen (secondary N) is 1. The molecule has 2 aromatic rings. The van der Waals surface area contributed by atoms with Gasteiger partial charge in [-0.1, -0.05) is 12.1 Å². The van der Waals surface area contributed by atoms with Crippen LogP contribution in [-0.2, 0) is 14.6 Å². The zero-order chi connectivity index (χ0) is 22.5. The van der Waals surface area contributed by atoms with E-state index < -0.39 is 21.9 Å². The molecule has 0 radical (unpaired) electrons. The molecule has 0 spiro atoms. The predicted molar refractivity (Wildman–Crippen MR) is 121 cm³/mol. The largest absolute Gasteiger partial charge is 0.325 e. The van der Waals surface area contributed by atoms with Crippen LogP contribution in [0.4, 0.5) is 16.2 Å². The van der Waals surface area contributed by atoms with Crippen molar-refractivity contribution in [3.63, 3.8) is 0 Å². The summed E-state index contributed by atoms with van der Waals surface area (Å²) in [4.78, 5) is 29.0. The molecule has 0 aliphatic carbocycles. The van der Waals surface area contributed by atoms with E-state index in [-0.39, 0.29) is 30.0 Å². The van der Waals surface area contributed by atoms with E-state index >= 15 is 0 Å². The molecular formula is C23H27N3O4S. The highest BCUT2D eigenvalue weighted by Gasteiger charge is 2.54. The van der Waals surface area contributed by atoms with Crippen molar-refractivity contribution >= 4 is 33.2 Å². The van der Waals surface area contributed by atoms with Gasteiger partial charge in [0.15, 0.2) is 9.84 Å². The Morgan fingerprint density at radius 3 is 2.26 bits per heavy atom. The lowest BCUT2D eigenvalue weighted by Gasteiger charge is -2.23. The summed E-state index contributed by atoms with van der Waals surface area (Å²) in [5.41, 5.74) is 5.49. The molecule has 0 saturated carbocycles. The number of sulfone groups is 1. The van der Waals surface area contributed by atoms with Gasteiger partial charge in [-0.25, -0.2) is 13.2 Å². The normalized spacial score (nSPS) is 22.0. The summed E-state index contributed by atoms with van der Waals surface area (Å²) < 4.78 is 24.8. The Hall–Kier alpha value is -2.87. The highest BCUT2D eigenvalue weighted by molar-refractivity contribution is 7.91. The molecule has 2 aliphatic heterocycles. The number of benzene rings is 2. The van der Waals surface area contributed by atoms with E-state index in [9.17, 15) is 18.0 Å². The third-order valence-electron chi connectivity index (χ3n) is 6.07. The van der Waals surface area contributed by atoms with Crippen LogP contribution in [0, 0.1) is 27.7 Å². The van der Waals surface area contributed by atoms with Crippen LogP contribution in [0.25, 0.3) is 0 Å². The Kier molecular flexibility index (Phi) is 5.29. The Balaban J connectivity index is 1.60. The van der Waals surface area contributed by atoms with E-state index in [0.717, 1.165) is 22.3 Å². The number of hydrogen-bond acceptors (Lipinski definition) is 4. The first-order valence-electron chi connectivity index (χ1n) is 10.3. The van der Waals surface area contributed by atoms with E-state index in [1.54, 1.807) is 4.90 Å². The molecule has 2 aromatic carbocycles. The zero-order valence-corrected chi connectivity index (χ0v) is 19.0. The molecule has 2 atom stereocenters. The molecule has 7 nitrogen and oxygen atoms in total. The highest BCUT2D eigenvalue weighted by atomic mass is 32.2. The summed E-state index contributed by atoms with van der Waals surface area (Å²) in [7, 11) is -3.30. The number of amides is 3. The fourth-order valence-electron chi connectivity index (χ4n) is 4.53. The van der Waals surface area contributed by atoms with Gasteiger partial charge in [-0.05, 0) is 74.2 Å². The molecule has 2 fully saturated rings. The monoisotopic (exact) mass is 441 g/mol. The van der Waals surface area contributed by atoms with Crippen molar-refractivity contribution in [2.75, 3.05) is 28.3 Å². The van der Waals surface area contributed by atoms with Crippen LogP contribution in [-0.4, -0.2) is 55.4 Å². The standard InChI is InChI=1S/C23H27N3O4S/c1-14-7-15(2)9-19(8-14)26-21-13-31(29,30)12-20(21)25(23(26)28)11-22(27)24-18-6-5-16(3)17(4)10-18/h5-10,20-21H,11-13H2,1-4H3,(H,24,27). The maximum absolute atomic E-state index is 13.3. The van der Waals surface area contributed by atoms with Crippen LogP contribution in [0.1, 0.15) is 22.3 Å². The smallest absolute Gasteiger partial charge is 0.325 e. The second-order valence-corrected chi connectivity index (χ2v) is 10.8. The van der Waals surface area contributed by atoms with Gasteiger partial charge in [0.25, 0.3) is 0 Å². The Morgan fingerprint density at radius 2 is 1.61 bits per heavy atom. The van der Waals surface area contributed by atoms with Crippen molar-refractivity contribution in [2.24, 2.45) is 0 Å². The summed E-state index contributed by atoms with van der Waals surface area (Å²) in [5, 5.41) is 2.83. The second-order valence-electron chi connectivity index (χ2n) is 8.69. The minimum Gasteiger partial charge on any atom is -0.325 e. The van der Waals surface area contributed by atoms with Gasteiger partial charge in [0, 0.05) is 11.4 Å². The van der Waals surface area contributed by atoms with Gasteiger partial charge in [-0.3, -0.25) is 9.69 Å². The SMILES string of the molecule is Cc1cc(C)cc(N2C(=O)N(CC(=O)Nc3ccc(C)c(C)c3)C3CS(=O)(=O)CC32)c1. The van der Waals surface area contributed by atoms with Crippen molar-refractivity contribution < 1.29 is 18.0 Å². The number of nitrogens with zero attached hydrogens (tertiary/aromatic N) is 2. The topological polar surface area (TPSA) is 86.8 Å². The van der Waals surface area contributed by atoms with Gasteiger partial charge in [0.2, 0.25) is 5.91 Å². The minimum absolute atomic E-state index is 0.0916. The molecule has 4 rings (SSSR count). The van der Waals surface area contributed by atoms with Gasteiger partial charge in [-0.15, -0.1) is 0 Å².